The van der Waals surface area contributed by atoms with Crippen molar-refractivity contribution in [3.05, 3.63) is 54.7 Å². The zero-order chi connectivity index (χ0) is 39.1. The first-order valence-electron chi connectivity index (χ1n) is 19.9. The predicted molar refractivity (Wildman–Crippen MR) is 209 cm³/mol. The number of amides is 4. The maximum atomic E-state index is 13.5. The molecule has 294 valence electrons. The van der Waals surface area contributed by atoms with Crippen molar-refractivity contribution in [1.29, 1.82) is 0 Å². The third kappa shape index (κ3) is 9.13. The first-order chi connectivity index (χ1) is 26.1. The quantitative estimate of drug-likeness (QED) is 0.224. The number of nitrogens with zero attached hydrogens (tertiary/aromatic N) is 3. The molecule has 3 heterocycles. The third-order valence-electron chi connectivity index (χ3n) is 11.0. The first-order valence-corrected chi connectivity index (χ1v) is 19.9. The molecule has 4 atom stereocenters. The van der Waals surface area contributed by atoms with Gasteiger partial charge in [-0.15, -0.1) is 0 Å². The smallest absolute Gasteiger partial charge is 0.247 e. The fraction of sp³-hybridized carbons (Fsp3) is 0.558. The van der Waals surface area contributed by atoms with E-state index in [1.54, 1.807) is 28.1 Å². The number of rotatable bonds is 10. The van der Waals surface area contributed by atoms with Gasteiger partial charge in [-0.3, -0.25) is 19.2 Å². The Morgan fingerprint density at radius 3 is 1.45 bits per heavy atom. The van der Waals surface area contributed by atoms with Gasteiger partial charge in [0.15, 0.2) is 5.76 Å². The van der Waals surface area contributed by atoms with Crippen molar-refractivity contribution < 1.29 is 33.1 Å². The van der Waals surface area contributed by atoms with E-state index in [4.69, 9.17) is 13.9 Å². The van der Waals surface area contributed by atoms with E-state index in [1.807, 2.05) is 77.9 Å². The van der Waals surface area contributed by atoms with Crippen LogP contribution in [0, 0.1) is 11.8 Å². The highest BCUT2D eigenvalue weighted by molar-refractivity contribution is 5.99. The number of oxazole rings is 1. The fourth-order valence-electron chi connectivity index (χ4n) is 7.94. The summed E-state index contributed by atoms with van der Waals surface area (Å²) in [7, 11) is 0. The van der Waals surface area contributed by atoms with E-state index in [2.05, 4.69) is 15.6 Å². The van der Waals surface area contributed by atoms with E-state index in [0.29, 0.717) is 49.0 Å². The molecule has 1 aromatic heterocycles. The van der Waals surface area contributed by atoms with Crippen LogP contribution in [0.2, 0.25) is 0 Å². The molecular formula is C43H55N5O7. The SMILES string of the molecule is CC(C)(C)OC1CC(C(=O)Nc2ccc(-c3cnc(-c4ccc(NC(=O)C5CC(OC(C)(C)C)CN5C(=O)C5CCC5)cc4)o3)cc2)N(C(=O)C2CCC2)C1. The molecule has 12 nitrogen and oxygen atoms in total. The first kappa shape index (κ1) is 38.7. The molecule has 2 N–H and O–H groups in total. The summed E-state index contributed by atoms with van der Waals surface area (Å²) in [5.74, 6) is 0.637. The average molecular weight is 754 g/mol. The Labute approximate surface area is 323 Å². The van der Waals surface area contributed by atoms with Crippen molar-refractivity contribution in [3.63, 3.8) is 0 Å². The lowest BCUT2D eigenvalue weighted by Gasteiger charge is -2.32. The number of nitrogens with one attached hydrogen (secondary N) is 2. The minimum atomic E-state index is -0.590. The Morgan fingerprint density at radius 2 is 1.07 bits per heavy atom. The third-order valence-corrected chi connectivity index (χ3v) is 11.0. The number of anilines is 2. The van der Waals surface area contributed by atoms with Crippen LogP contribution >= 0.6 is 0 Å². The second kappa shape index (κ2) is 15.5. The van der Waals surface area contributed by atoms with E-state index < -0.39 is 12.1 Å². The number of carbonyl (C=O) groups excluding carboxylic acids is 4. The number of aromatic nitrogens is 1. The van der Waals surface area contributed by atoms with Crippen molar-refractivity contribution in [3.8, 4) is 22.8 Å². The Hall–Kier alpha value is -4.55. The molecule has 2 aliphatic heterocycles. The number of hydrogen-bond donors (Lipinski definition) is 2. The summed E-state index contributed by atoms with van der Waals surface area (Å²) in [5.41, 5.74) is 2.00. The highest BCUT2D eigenvalue weighted by Crippen LogP contribution is 2.35. The number of hydrogen-bond acceptors (Lipinski definition) is 8. The zero-order valence-electron chi connectivity index (χ0n) is 32.9. The summed E-state index contributed by atoms with van der Waals surface area (Å²) in [5, 5.41) is 6.02. The lowest BCUT2D eigenvalue weighted by molar-refractivity contribution is -0.143. The van der Waals surface area contributed by atoms with Crippen molar-refractivity contribution in [1.82, 2.24) is 14.8 Å². The second-order valence-corrected chi connectivity index (χ2v) is 17.6. The van der Waals surface area contributed by atoms with Gasteiger partial charge in [0, 0.05) is 60.3 Å². The number of benzene rings is 2. The summed E-state index contributed by atoms with van der Waals surface area (Å²) < 4.78 is 18.5. The molecule has 4 amide bonds. The average Bonchev–Trinajstić information content (AvgIpc) is 3.81. The van der Waals surface area contributed by atoms with Gasteiger partial charge in [-0.2, -0.15) is 0 Å². The predicted octanol–water partition coefficient (Wildman–Crippen LogP) is 7.06. The maximum absolute atomic E-state index is 13.5. The van der Waals surface area contributed by atoms with Gasteiger partial charge in [0.25, 0.3) is 0 Å². The van der Waals surface area contributed by atoms with Crippen LogP contribution in [0.25, 0.3) is 22.8 Å². The monoisotopic (exact) mass is 753 g/mol. The molecule has 12 heteroatoms. The number of ether oxygens (including phenoxy) is 2. The molecule has 2 aliphatic carbocycles. The van der Waals surface area contributed by atoms with Crippen LogP contribution in [-0.2, 0) is 28.7 Å². The van der Waals surface area contributed by atoms with Crippen LogP contribution in [0.3, 0.4) is 0 Å². The minimum Gasteiger partial charge on any atom is -0.436 e. The zero-order valence-corrected chi connectivity index (χ0v) is 32.9. The van der Waals surface area contributed by atoms with Crippen molar-refractivity contribution in [2.45, 2.75) is 128 Å². The van der Waals surface area contributed by atoms with Gasteiger partial charge in [-0.1, -0.05) is 12.8 Å². The number of carbonyl (C=O) groups is 4. The van der Waals surface area contributed by atoms with Gasteiger partial charge in [0.2, 0.25) is 29.5 Å². The van der Waals surface area contributed by atoms with Crippen molar-refractivity contribution in [2.24, 2.45) is 11.8 Å². The van der Waals surface area contributed by atoms with Crippen molar-refractivity contribution in [2.75, 3.05) is 23.7 Å². The molecule has 7 rings (SSSR count). The fourth-order valence-corrected chi connectivity index (χ4v) is 7.94. The summed E-state index contributed by atoms with van der Waals surface area (Å²) in [6, 6.07) is 13.4. The second-order valence-electron chi connectivity index (χ2n) is 17.6. The largest absolute Gasteiger partial charge is 0.436 e. The van der Waals surface area contributed by atoms with E-state index in [-0.39, 0.29) is 58.9 Å². The molecule has 4 aliphatic rings. The van der Waals surface area contributed by atoms with Crippen LogP contribution in [0.4, 0.5) is 11.4 Å². The number of likely N-dealkylation sites (tertiary alicyclic amines) is 2. The van der Waals surface area contributed by atoms with Crippen LogP contribution in [0.15, 0.2) is 59.1 Å². The summed E-state index contributed by atoms with van der Waals surface area (Å²) in [4.78, 5) is 61.5. The van der Waals surface area contributed by atoms with Gasteiger partial charge >= 0.3 is 0 Å². The highest BCUT2D eigenvalue weighted by atomic mass is 16.5. The summed E-state index contributed by atoms with van der Waals surface area (Å²) >= 11 is 0. The van der Waals surface area contributed by atoms with E-state index in [0.717, 1.165) is 49.7 Å². The topological polar surface area (TPSA) is 143 Å². The Kier molecular flexibility index (Phi) is 10.9. The Balaban J connectivity index is 0.961. The van der Waals surface area contributed by atoms with E-state index in [1.165, 1.54) is 0 Å². The lowest BCUT2D eigenvalue weighted by atomic mass is 9.84. The normalized spacial score (nSPS) is 23.3. The van der Waals surface area contributed by atoms with E-state index >= 15 is 0 Å². The van der Waals surface area contributed by atoms with Crippen LogP contribution < -0.4 is 10.6 Å². The van der Waals surface area contributed by atoms with E-state index in [9.17, 15) is 19.2 Å². The molecule has 0 radical (unpaired) electrons. The minimum absolute atomic E-state index is 0.00153. The molecule has 55 heavy (non-hydrogen) atoms. The van der Waals surface area contributed by atoms with Gasteiger partial charge in [-0.05, 0) is 116 Å². The standard InChI is InChI=1S/C43H55N5O7/c1-42(2,3)54-32-21-34(47(24-32)40(51)28-9-7-10-28)37(49)45-30-17-13-26(14-18-30)36-23-44-39(53-36)27-15-19-31(20-16-27)46-38(50)35-22-33(55-43(4,5)6)25-48(35)41(52)29-11-8-12-29/h13-20,23,28-29,32-35H,7-12,21-22,24-25H2,1-6H3,(H,45,49)(H,46,50). The highest BCUT2D eigenvalue weighted by Gasteiger charge is 2.45. The van der Waals surface area contributed by atoms with Gasteiger partial charge in [-0.25, -0.2) is 4.98 Å². The van der Waals surface area contributed by atoms with Gasteiger partial charge in [0.1, 0.15) is 12.1 Å². The molecule has 0 bridgehead atoms. The molecule has 2 saturated heterocycles. The van der Waals surface area contributed by atoms with Crippen molar-refractivity contribution >= 4 is 35.0 Å². The Morgan fingerprint density at radius 1 is 0.655 bits per heavy atom. The maximum Gasteiger partial charge on any atom is 0.247 e. The molecule has 2 aromatic carbocycles. The lowest BCUT2D eigenvalue weighted by Crippen LogP contribution is -2.47. The van der Waals surface area contributed by atoms with Crippen LogP contribution in [0.1, 0.15) is 92.9 Å². The molecule has 2 saturated carbocycles. The molecule has 4 unspecified atom stereocenters. The summed E-state index contributed by atoms with van der Waals surface area (Å²) in [6.07, 6.45) is 7.78. The summed E-state index contributed by atoms with van der Waals surface area (Å²) in [6.45, 7) is 12.8. The van der Waals surface area contributed by atoms with Gasteiger partial charge < -0.3 is 34.3 Å². The molecular weight excluding hydrogens is 699 g/mol. The molecule has 0 spiro atoms. The van der Waals surface area contributed by atoms with Crippen LogP contribution in [0.5, 0.6) is 0 Å². The molecule has 4 fully saturated rings. The van der Waals surface area contributed by atoms with Crippen LogP contribution in [-0.4, -0.2) is 87.0 Å². The Bertz CT molecular complexity index is 1730. The molecule has 3 aromatic rings. The van der Waals surface area contributed by atoms with Gasteiger partial charge in [0.05, 0.1) is 29.6 Å².